The topological polar surface area (TPSA) is 52.7 Å². The summed E-state index contributed by atoms with van der Waals surface area (Å²) in [4.78, 5) is 8.83. The minimum Gasteiger partial charge on any atom is -0.308 e. The maximum Gasteiger partial charge on any atom is 0.175 e. The molecule has 0 saturated heterocycles. The smallest absolute Gasteiger partial charge is 0.175 e. The van der Waals surface area contributed by atoms with E-state index in [4.69, 9.17) is 0 Å². The van der Waals surface area contributed by atoms with Gasteiger partial charge in [0.25, 0.3) is 0 Å². The van der Waals surface area contributed by atoms with Crippen molar-refractivity contribution in [1.82, 2.24) is 19.1 Å². The van der Waals surface area contributed by atoms with Crippen LogP contribution in [0.5, 0.6) is 0 Å². The zero-order chi connectivity index (χ0) is 38.6. The van der Waals surface area contributed by atoms with Gasteiger partial charge in [0.05, 0.1) is 22.1 Å². The SMILES string of the molecule is O=P(c1ccccc1)(c1cccc2c3cc(-c4cccnc4)ccc3n(-c3ccccc3)c12)c1cccc2c3cc(-c4cccnc4)ccc3n(-c3ccccc3)c12. The molecule has 0 bridgehead atoms. The molecule has 274 valence electrons. The van der Waals surface area contributed by atoms with Crippen molar-refractivity contribution in [3.8, 4) is 33.6 Å². The Morgan fingerprint density at radius 3 is 1.26 bits per heavy atom. The number of hydrogen-bond acceptors (Lipinski definition) is 3. The van der Waals surface area contributed by atoms with Crippen LogP contribution >= 0.6 is 7.14 Å². The summed E-state index contributed by atoms with van der Waals surface area (Å²) in [6.45, 7) is 0. The molecule has 0 aliphatic rings. The highest BCUT2D eigenvalue weighted by atomic mass is 31.2. The number of fused-ring (bicyclic) bond motifs is 6. The summed E-state index contributed by atoms with van der Waals surface area (Å²) >= 11 is 0. The summed E-state index contributed by atoms with van der Waals surface area (Å²) in [7, 11) is -3.67. The van der Waals surface area contributed by atoms with Gasteiger partial charge >= 0.3 is 0 Å². The van der Waals surface area contributed by atoms with E-state index in [9.17, 15) is 0 Å². The molecule has 0 amide bonds. The maximum atomic E-state index is 17.3. The van der Waals surface area contributed by atoms with Gasteiger partial charge < -0.3 is 13.7 Å². The lowest BCUT2D eigenvalue weighted by Crippen LogP contribution is -2.27. The summed E-state index contributed by atoms with van der Waals surface area (Å²) in [6.07, 6.45) is 7.40. The zero-order valence-corrected chi connectivity index (χ0v) is 32.2. The molecule has 0 radical (unpaired) electrons. The number of aromatic nitrogens is 4. The zero-order valence-electron chi connectivity index (χ0n) is 31.4. The Hall–Kier alpha value is -7.33. The van der Waals surface area contributed by atoms with E-state index in [1.54, 1.807) is 12.4 Å². The number of benzene rings is 7. The van der Waals surface area contributed by atoms with E-state index in [-0.39, 0.29) is 0 Å². The molecule has 0 aliphatic heterocycles. The van der Waals surface area contributed by atoms with Gasteiger partial charge in [0.15, 0.2) is 7.14 Å². The average molecular weight is 763 g/mol. The van der Waals surface area contributed by atoms with Crippen LogP contribution in [0.2, 0.25) is 0 Å². The first-order valence-electron chi connectivity index (χ1n) is 19.4. The average Bonchev–Trinajstić information content (AvgIpc) is 3.82. The maximum absolute atomic E-state index is 17.3. The lowest BCUT2D eigenvalue weighted by Gasteiger charge is -2.24. The van der Waals surface area contributed by atoms with Gasteiger partial charge in [-0.15, -0.1) is 0 Å². The van der Waals surface area contributed by atoms with Crippen molar-refractivity contribution in [2.24, 2.45) is 0 Å². The second-order valence-electron chi connectivity index (χ2n) is 14.6. The third-order valence-corrected chi connectivity index (χ3v) is 14.5. The third kappa shape index (κ3) is 5.28. The quantitative estimate of drug-likeness (QED) is 0.152. The monoisotopic (exact) mass is 762 g/mol. The first-order valence-corrected chi connectivity index (χ1v) is 21.1. The van der Waals surface area contributed by atoms with Gasteiger partial charge in [0.2, 0.25) is 0 Å². The first kappa shape index (κ1) is 34.0. The van der Waals surface area contributed by atoms with E-state index in [1.165, 1.54) is 0 Å². The molecule has 4 aromatic heterocycles. The summed E-state index contributed by atoms with van der Waals surface area (Å²) < 4.78 is 21.9. The molecular weight excluding hydrogens is 728 g/mol. The van der Waals surface area contributed by atoms with E-state index >= 15 is 4.57 Å². The first-order chi connectivity index (χ1) is 28.7. The van der Waals surface area contributed by atoms with Crippen LogP contribution in [0.25, 0.3) is 77.2 Å². The van der Waals surface area contributed by atoms with Crippen molar-refractivity contribution < 1.29 is 4.57 Å². The van der Waals surface area contributed by atoms with Crippen LogP contribution in [-0.2, 0) is 4.57 Å². The van der Waals surface area contributed by atoms with Gasteiger partial charge in [0, 0.05) is 84.7 Å². The Kier molecular flexibility index (Phi) is 8.02. The fourth-order valence-electron chi connectivity index (χ4n) is 8.77. The molecule has 4 heterocycles. The summed E-state index contributed by atoms with van der Waals surface area (Å²) in [5.74, 6) is 0. The van der Waals surface area contributed by atoms with Gasteiger partial charge in [-0.05, 0) is 83.9 Å². The van der Waals surface area contributed by atoms with Crippen molar-refractivity contribution >= 4 is 66.7 Å². The molecule has 58 heavy (non-hydrogen) atoms. The van der Waals surface area contributed by atoms with Gasteiger partial charge in [-0.1, -0.05) is 115 Å². The number of pyridine rings is 2. The van der Waals surface area contributed by atoms with Crippen LogP contribution in [-0.4, -0.2) is 19.1 Å². The van der Waals surface area contributed by atoms with Crippen molar-refractivity contribution in [2.75, 3.05) is 0 Å². The summed E-state index contributed by atoms with van der Waals surface area (Å²) in [5, 5.41) is 6.59. The number of nitrogens with zero attached hydrogens (tertiary/aromatic N) is 4. The molecule has 0 aliphatic carbocycles. The van der Waals surface area contributed by atoms with Gasteiger partial charge in [-0.3, -0.25) is 9.97 Å². The van der Waals surface area contributed by atoms with Crippen LogP contribution in [0, 0.1) is 0 Å². The van der Waals surface area contributed by atoms with E-state index in [0.29, 0.717) is 0 Å². The molecule has 0 unspecified atom stereocenters. The molecule has 0 N–H and O–H groups in total. The van der Waals surface area contributed by atoms with E-state index < -0.39 is 7.14 Å². The van der Waals surface area contributed by atoms with Gasteiger partial charge in [-0.25, -0.2) is 0 Å². The van der Waals surface area contributed by atoms with Crippen molar-refractivity contribution in [1.29, 1.82) is 0 Å². The molecule has 6 heteroatoms. The minimum atomic E-state index is -3.67. The molecule has 0 saturated carbocycles. The third-order valence-electron chi connectivity index (χ3n) is 11.3. The lowest BCUT2D eigenvalue weighted by molar-refractivity contribution is 0.592. The highest BCUT2D eigenvalue weighted by Gasteiger charge is 2.36. The van der Waals surface area contributed by atoms with E-state index in [0.717, 1.165) is 93.2 Å². The minimum absolute atomic E-state index is 0.775. The Bertz CT molecular complexity index is 3140. The van der Waals surface area contributed by atoms with Crippen LogP contribution in [0.3, 0.4) is 0 Å². The normalized spacial score (nSPS) is 11.9. The second-order valence-corrected chi connectivity index (χ2v) is 17.3. The molecule has 7 aromatic carbocycles. The molecule has 0 atom stereocenters. The summed E-state index contributed by atoms with van der Waals surface area (Å²) in [6, 6.07) is 64.9. The second kappa shape index (κ2) is 13.7. The molecular formula is C52H35N4OP. The Morgan fingerprint density at radius 2 is 0.828 bits per heavy atom. The fourth-order valence-corrected chi connectivity index (χ4v) is 11.8. The summed E-state index contributed by atoms with van der Waals surface area (Å²) in [5.41, 5.74) is 10.2. The Morgan fingerprint density at radius 1 is 0.379 bits per heavy atom. The molecule has 0 spiro atoms. The highest BCUT2D eigenvalue weighted by Crippen LogP contribution is 2.49. The van der Waals surface area contributed by atoms with Crippen LogP contribution < -0.4 is 15.9 Å². The predicted molar refractivity (Wildman–Crippen MR) is 241 cm³/mol. The van der Waals surface area contributed by atoms with Crippen LogP contribution in [0.1, 0.15) is 0 Å². The predicted octanol–water partition coefficient (Wildman–Crippen LogP) is 11.6. The fraction of sp³-hybridized carbons (Fsp3) is 0. The van der Waals surface area contributed by atoms with E-state index in [1.807, 2.05) is 67.0 Å². The molecule has 5 nitrogen and oxygen atoms in total. The van der Waals surface area contributed by atoms with Crippen LogP contribution in [0.15, 0.2) is 213 Å². The number of hydrogen-bond donors (Lipinski definition) is 0. The Labute approximate surface area is 335 Å². The van der Waals surface area contributed by atoms with Crippen molar-refractivity contribution in [3.63, 3.8) is 0 Å². The highest BCUT2D eigenvalue weighted by molar-refractivity contribution is 7.86. The van der Waals surface area contributed by atoms with Crippen molar-refractivity contribution in [2.45, 2.75) is 0 Å². The number of para-hydroxylation sites is 4. The van der Waals surface area contributed by atoms with Crippen LogP contribution in [0.4, 0.5) is 0 Å². The van der Waals surface area contributed by atoms with Gasteiger partial charge in [0.1, 0.15) is 0 Å². The number of rotatable bonds is 7. The standard InChI is InChI=1S/C52H35N4OP/c57-58(42-20-8-3-9-21-42,49-24-10-22-43-45-32-36(38-14-12-30-53-34-38)26-28-47(45)55(51(43)49)40-16-4-1-5-17-40)50-25-11-23-44-46-33-37(39-15-13-31-54-35-39)27-29-48(46)56(52(44)50)41-18-6-2-7-19-41/h1-35H. The van der Waals surface area contributed by atoms with E-state index in [2.05, 4.69) is 153 Å². The Balaban J connectivity index is 1.28. The molecule has 0 fully saturated rings. The van der Waals surface area contributed by atoms with Gasteiger partial charge in [-0.2, -0.15) is 0 Å². The largest absolute Gasteiger partial charge is 0.308 e. The van der Waals surface area contributed by atoms with Crippen molar-refractivity contribution in [3.05, 3.63) is 213 Å². The molecule has 11 aromatic rings. The molecule has 11 rings (SSSR count). The lowest BCUT2D eigenvalue weighted by atomic mass is 10.0.